The van der Waals surface area contributed by atoms with Crippen molar-refractivity contribution >= 4 is 17.6 Å². The highest BCUT2D eigenvalue weighted by atomic mass is 16.4. The Bertz CT molecular complexity index is 395. The first kappa shape index (κ1) is 12.0. The van der Waals surface area contributed by atoms with Gasteiger partial charge >= 0.3 is 0 Å². The van der Waals surface area contributed by atoms with E-state index in [0.29, 0.717) is 5.56 Å². The Morgan fingerprint density at radius 3 is 2.94 bits per heavy atom. The Kier molecular flexibility index (Phi) is 3.87. The maximum atomic E-state index is 9.00. The lowest BCUT2D eigenvalue weighted by atomic mass is 10.2. The number of carboxylic acid groups (broad SMARTS) is 1. The molecule has 1 aromatic heterocycles. The number of carbonyl (C=O) groups is 1. The van der Waals surface area contributed by atoms with Crippen LogP contribution in [0.2, 0.25) is 0 Å². The van der Waals surface area contributed by atoms with E-state index in [0.717, 1.165) is 32.3 Å². The zero-order chi connectivity index (χ0) is 12.1. The predicted octanol–water partition coefficient (Wildman–Crippen LogP) is 0.0737. The third kappa shape index (κ3) is 2.97. The molecule has 0 saturated heterocycles. The van der Waals surface area contributed by atoms with Gasteiger partial charge in [-0.3, -0.25) is 10.2 Å². The van der Waals surface area contributed by atoms with Crippen molar-refractivity contribution in [3.63, 3.8) is 0 Å². The van der Waals surface area contributed by atoms with Crippen molar-refractivity contribution in [2.24, 2.45) is 5.73 Å². The average molecular weight is 225 g/mol. The van der Waals surface area contributed by atoms with Crippen LogP contribution in [-0.4, -0.2) is 33.2 Å². The lowest BCUT2D eigenvalue weighted by Gasteiger charge is -2.16. The average Bonchev–Trinajstić information content (AvgIpc) is 2.59. The highest BCUT2D eigenvalue weighted by molar-refractivity contribution is 5.99. The number of anilines is 1. The fraction of sp³-hybridized carbons (Fsp3) is 0.444. The fourth-order valence-electron chi connectivity index (χ4n) is 1.37. The number of aromatic nitrogens is 2. The fourth-order valence-corrected chi connectivity index (χ4v) is 1.37. The molecule has 0 spiro atoms. The summed E-state index contributed by atoms with van der Waals surface area (Å²) in [4.78, 5) is 9.00. The van der Waals surface area contributed by atoms with Crippen LogP contribution in [0.25, 0.3) is 0 Å². The number of nitrogens with zero attached hydrogens (tertiary/aromatic N) is 2. The zero-order valence-corrected chi connectivity index (χ0v) is 9.03. The van der Waals surface area contributed by atoms with E-state index in [1.807, 2.05) is 4.68 Å². The van der Waals surface area contributed by atoms with E-state index in [-0.39, 0.29) is 5.84 Å². The van der Waals surface area contributed by atoms with E-state index in [1.165, 1.54) is 0 Å². The number of aryl methyl sites for hydroxylation is 1. The van der Waals surface area contributed by atoms with Crippen molar-refractivity contribution in [2.45, 2.75) is 19.9 Å². The van der Waals surface area contributed by atoms with Crippen LogP contribution in [-0.2, 0) is 11.3 Å². The van der Waals surface area contributed by atoms with Gasteiger partial charge < -0.3 is 16.2 Å². The summed E-state index contributed by atoms with van der Waals surface area (Å²) in [6.45, 7) is 2.93. The number of hydrogen-bond donors (Lipinski definition) is 4. The summed E-state index contributed by atoms with van der Waals surface area (Å²) in [6.07, 6.45) is 2.71. The molecule has 1 aromatic rings. The van der Waals surface area contributed by atoms with E-state index in [9.17, 15) is 0 Å². The first-order valence-corrected chi connectivity index (χ1v) is 4.86. The number of carboxylic acids is 1. The van der Waals surface area contributed by atoms with Gasteiger partial charge in [0.15, 0.2) is 0 Å². The Morgan fingerprint density at radius 2 is 2.38 bits per heavy atom. The Labute approximate surface area is 92.8 Å². The van der Waals surface area contributed by atoms with Crippen molar-refractivity contribution in [1.29, 1.82) is 5.41 Å². The largest absolute Gasteiger partial charge is 0.481 e. The van der Waals surface area contributed by atoms with E-state index in [1.54, 1.807) is 6.20 Å². The molecule has 0 aromatic carbocycles. The molecule has 1 aliphatic heterocycles. The smallest absolute Gasteiger partial charge is 0.300 e. The van der Waals surface area contributed by atoms with E-state index in [2.05, 4.69) is 10.4 Å². The van der Waals surface area contributed by atoms with Gasteiger partial charge in [-0.1, -0.05) is 0 Å². The van der Waals surface area contributed by atoms with Gasteiger partial charge in [-0.15, -0.1) is 0 Å². The minimum atomic E-state index is -0.833. The molecule has 7 nitrogen and oxygen atoms in total. The molecule has 5 N–H and O–H groups in total. The van der Waals surface area contributed by atoms with Crippen molar-refractivity contribution in [2.75, 3.05) is 11.9 Å². The number of nitrogens with one attached hydrogen (secondary N) is 2. The summed E-state index contributed by atoms with van der Waals surface area (Å²) in [5, 5.41) is 22.0. The van der Waals surface area contributed by atoms with Crippen LogP contribution >= 0.6 is 0 Å². The summed E-state index contributed by atoms with van der Waals surface area (Å²) in [5.74, 6) is 0.124. The molecule has 0 fully saturated rings. The second-order valence-electron chi connectivity index (χ2n) is 3.34. The van der Waals surface area contributed by atoms with Crippen LogP contribution in [0.5, 0.6) is 0 Å². The summed E-state index contributed by atoms with van der Waals surface area (Å²) in [7, 11) is 0. The van der Waals surface area contributed by atoms with Crippen molar-refractivity contribution in [3.8, 4) is 0 Å². The summed E-state index contributed by atoms with van der Waals surface area (Å²) >= 11 is 0. The molecular formula is C9H15N5O2. The molecule has 0 atom stereocenters. The van der Waals surface area contributed by atoms with Crippen LogP contribution in [0.15, 0.2) is 6.20 Å². The monoisotopic (exact) mass is 225 g/mol. The molecule has 0 amide bonds. The topological polar surface area (TPSA) is 117 Å². The first-order valence-electron chi connectivity index (χ1n) is 4.86. The summed E-state index contributed by atoms with van der Waals surface area (Å²) in [6, 6.07) is 0. The predicted molar refractivity (Wildman–Crippen MR) is 59.7 cm³/mol. The Balaban J connectivity index is 0.000000280. The standard InChI is InChI=1S/C7H11N5.C2H4O2/c8-6(9)5-4-11-12-3-1-2-10-7(5)12;1-2(3)4/h4,10H,1-3H2,(H3,8,9);1H3,(H,3,4). The molecule has 16 heavy (non-hydrogen) atoms. The maximum absolute atomic E-state index is 9.00. The maximum Gasteiger partial charge on any atom is 0.300 e. The second-order valence-corrected chi connectivity index (χ2v) is 3.34. The first-order chi connectivity index (χ1) is 7.52. The number of nitrogen functional groups attached to an aromatic ring is 1. The van der Waals surface area contributed by atoms with Gasteiger partial charge in [0.05, 0.1) is 11.8 Å². The van der Waals surface area contributed by atoms with Gasteiger partial charge in [0, 0.05) is 20.0 Å². The Morgan fingerprint density at radius 1 is 1.75 bits per heavy atom. The number of aliphatic carboxylic acids is 1. The van der Waals surface area contributed by atoms with Crippen molar-refractivity contribution < 1.29 is 9.90 Å². The van der Waals surface area contributed by atoms with Gasteiger partial charge in [0.1, 0.15) is 11.7 Å². The summed E-state index contributed by atoms with van der Waals surface area (Å²) < 4.78 is 1.85. The van der Waals surface area contributed by atoms with Gasteiger partial charge in [0.2, 0.25) is 0 Å². The van der Waals surface area contributed by atoms with Gasteiger partial charge in [-0.2, -0.15) is 5.10 Å². The molecule has 0 aliphatic carbocycles. The third-order valence-corrected chi connectivity index (χ3v) is 1.97. The SMILES string of the molecule is CC(=O)O.N=C(N)c1cnn2c1NCCC2. The van der Waals surface area contributed by atoms with Crippen LogP contribution in [0, 0.1) is 5.41 Å². The molecule has 2 rings (SSSR count). The minimum Gasteiger partial charge on any atom is -0.481 e. The normalized spacial score (nSPS) is 12.8. The Hall–Kier alpha value is -2.05. The second kappa shape index (κ2) is 5.15. The number of nitrogens with two attached hydrogens (primary N) is 1. The number of hydrogen-bond acceptors (Lipinski definition) is 4. The molecule has 0 bridgehead atoms. The molecule has 88 valence electrons. The molecule has 0 radical (unpaired) electrons. The highest BCUT2D eigenvalue weighted by Gasteiger charge is 2.15. The minimum absolute atomic E-state index is 0.0747. The summed E-state index contributed by atoms with van der Waals surface area (Å²) in [5.41, 5.74) is 6.08. The van der Waals surface area contributed by atoms with Gasteiger partial charge in [-0.25, -0.2) is 4.68 Å². The van der Waals surface area contributed by atoms with Crippen molar-refractivity contribution in [1.82, 2.24) is 9.78 Å². The van der Waals surface area contributed by atoms with Crippen LogP contribution < -0.4 is 11.1 Å². The molecule has 2 heterocycles. The highest BCUT2D eigenvalue weighted by Crippen LogP contribution is 2.17. The van der Waals surface area contributed by atoms with Gasteiger partial charge in [0.25, 0.3) is 5.97 Å². The molecule has 7 heteroatoms. The van der Waals surface area contributed by atoms with E-state index >= 15 is 0 Å². The quantitative estimate of drug-likeness (QED) is 0.398. The lowest BCUT2D eigenvalue weighted by molar-refractivity contribution is -0.134. The number of fused-ring (bicyclic) bond motifs is 1. The third-order valence-electron chi connectivity index (χ3n) is 1.97. The van der Waals surface area contributed by atoms with E-state index < -0.39 is 5.97 Å². The molecule has 0 unspecified atom stereocenters. The molecule has 0 saturated carbocycles. The van der Waals surface area contributed by atoms with Crippen molar-refractivity contribution in [3.05, 3.63) is 11.8 Å². The number of rotatable bonds is 1. The number of amidine groups is 1. The lowest BCUT2D eigenvalue weighted by Crippen LogP contribution is -2.21. The van der Waals surface area contributed by atoms with Gasteiger partial charge in [-0.05, 0) is 6.42 Å². The zero-order valence-electron chi connectivity index (χ0n) is 9.03. The van der Waals surface area contributed by atoms with Crippen LogP contribution in [0.3, 0.4) is 0 Å². The molecule has 1 aliphatic rings. The molecular weight excluding hydrogens is 210 g/mol. The van der Waals surface area contributed by atoms with Crippen LogP contribution in [0.1, 0.15) is 18.9 Å². The van der Waals surface area contributed by atoms with Crippen LogP contribution in [0.4, 0.5) is 5.82 Å². The van der Waals surface area contributed by atoms with E-state index in [4.69, 9.17) is 21.0 Å².